The minimum atomic E-state index is -0.837. The first-order valence-corrected chi connectivity index (χ1v) is 5.62. The number of para-hydroxylation sites is 1. The topological polar surface area (TPSA) is 81.4 Å². The normalized spacial score (nSPS) is 11.6. The summed E-state index contributed by atoms with van der Waals surface area (Å²) in [5.74, 6) is 0.115. The molecular formula is C13H12N2O4. The Morgan fingerprint density at radius 2 is 2.21 bits per heavy atom. The minimum absolute atomic E-state index is 0.00394. The average molecular weight is 260 g/mol. The number of nitrogens with one attached hydrogen (secondary N) is 1. The van der Waals surface area contributed by atoms with Crippen LogP contribution in [0.4, 0.5) is 0 Å². The summed E-state index contributed by atoms with van der Waals surface area (Å²) in [5.41, 5.74) is 0. The molecule has 0 saturated carbocycles. The van der Waals surface area contributed by atoms with Gasteiger partial charge in [-0.25, -0.2) is 4.98 Å². The van der Waals surface area contributed by atoms with Crippen molar-refractivity contribution in [3.8, 4) is 5.75 Å². The fourth-order valence-corrected chi connectivity index (χ4v) is 1.47. The summed E-state index contributed by atoms with van der Waals surface area (Å²) in [6.45, 7) is 0.00394. The van der Waals surface area contributed by atoms with E-state index in [1.165, 1.54) is 12.5 Å². The molecule has 6 heteroatoms. The SMILES string of the molecule is O=CN[C@@H](COc1ccccc1)C(=O)c1ncco1. The summed E-state index contributed by atoms with van der Waals surface area (Å²) in [6, 6.07) is 8.16. The van der Waals surface area contributed by atoms with Gasteiger partial charge in [0.1, 0.15) is 24.7 Å². The van der Waals surface area contributed by atoms with Crippen molar-refractivity contribution in [1.82, 2.24) is 10.3 Å². The van der Waals surface area contributed by atoms with Gasteiger partial charge in [0, 0.05) is 0 Å². The number of carbonyl (C=O) groups excluding carboxylic acids is 2. The van der Waals surface area contributed by atoms with Crippen molar-refractivity contribution < 1.29 is 18.7 Å². The second-order valence-electron chi connectivity index (χ2n) is 3.66. The molecule has 1 aromatic heterocycles. The maximum Gasteiger partial charge on any atom is 0.265 e. The van der Waals surface area contributed by atoms with E-state index in [0.717, 1.165) is 0 Å². The summed E-state index contributed by atoms with van der Waals surface area (Å²) in [4.78, 5) is 26.2. The fourth-order valence-electron chi connectivity index (χ4n) is 1.47. The highest BCUT2D eigenvalue weighted by Gasteiger charge is 2.23. The van der Waals surface area contributed by atoms with Crippen molar-refractivity contribution in [3.63, 3.8) is 0 Å². The molecule has 0 aliphatic rings. The van der Waals surface area contributed by atoms with Crippen LogP contribution in [0.25, 0.3) is 0 Å². The first-order valence-electron chi connectivity index (χ1n) is 5.62. The van der Waals surface area contributed by atoms with Crippen LogP contribution in [0.5, 0.6) is 5.75 Å². The molecule has 0 bridgehead atoms. The predicted molar refractivity (Wildman–Crippen MR) is 65.8 cm³/mol. The molecule has 19 heavy (non-hydrogen) atoms. The van der Waals surface area contributed by atoms with Crippen molar-refractivity contribution in [1.29, 1.82) is 0 Å². The monoisotopic (exact) mass is 260 g/mol. The molecule has 0 radical (unpaired) electrons. The smallest absolute Gasteiger partial charge is 0.265 e. The Balaban J connectivity index is 2.00. The Morgan fingerprint density at radius 1 is 1.42 bits per heavy atom. The van der Waals surface area contributed by atoms with E-state index in [4.69, 9.17) is 9.15 Å². The number of Topliss-reactive ketones (excluding diaryl/α,β-unsaturated/α-hetero) is 1. The van der Waals surface area contributed by atoms with Gasteiger partial charge in [-0.15, -0.1) is 0 Å². The molecule has 2 rings (SSSR count). The molecule has 1 heterocycles. The van der Waals surface area contributed by atoms with E-state index in [1.807, 2.05) is 18.2 Å². The third-order valence-electron chi connectivity index (χ3n) is 2.39. The third-order valence-corrected chi connectivity index (χ3v) is 2.39. The van der Waals surface area contributed by atoms with Gasteiger partial charge in [-0.3, -0.25) is 9.59 Å². The molecule has 1 N–H and O–H groups in total. The van der Waals surface area contributed by atoms with Crippen LogP contribution in [-0.4, -0.2) is 29.8 Å². The van der Waals surface area contributed by atoms with Crippen LogP contribution in [-0.2, 0) is 4.79 Å². The van der Waals surface area contributed by atoms with Gasteiger partial charge in [0.25, 0.3) is 5.89 Å². The maximum absolute atomic E-state index is 12.0. The highest BCUT2D eigenvalue weighted by molar-refractivity contribution is 5.97. The largest absolute Gasteiger partial charge is 0.491 e. The van der Waals surface area contributed by atoms with Gasteiger partial charge in [0.15, 0.2) is 0 Å². The zero-order valence-corrected chi connectivity index (χ0v) is 9.98. The van der Waals surface area contributed by atoms with Crippen molar-refractivity contribution >= 4 is 12.2 Å². The Labute approximate surface area is 109 Å². The molecule has 0 fully saturated rings. The second kappa shape index (κ2) is 6.34. The van der Waals surface area contributed by atoms with Gasteiger partial charge in [-0.1, -0.05) is 18.2 Å². The van der Waals surface area contributed by atoms with E-state index < -0.39 is 11.8 Å². The fraction of sp³-hybridized carbons (Fsp3) is 0.154. The Morgan fingerprint density at radius 3 is 2.84 bits per heavy atom. The molecule has 0 spiro atoms. The number of aromatic nitrogens is 1. The second-order valence-corrected chi connectivity index (χ2v) is 3.66. The molecule has 0 unspecified atom stereocenters. The Hall–Kier alpha value is -2.63. The maximum atomic E-state index is 12.0. The van der Waals surface area contributed by atoms with Crippen LogP contribution < -0.4 is 10.1 Å². The molecule has 98 valence electrons. The highest BCUT2D eigenvalue weighted by Crippen LogP contribution is 2.09. The lowest BCUT2D eigenvalue weighted by Crippen LogP contribution is -2.41. The van der Waals surface area contributed by atoms with Gasteiger partial charge in [0.2, 0.25) is 12.2 Å². The molecule has 2 aromatic rings. The van der Waals surface area contributed by atoms with Gasteiger partial charge < -0.3 is 14.5 Å². The predicted octanol–water partition coefficient (Wildman–Crippen LogP) is 1.05. The lowest BCUT2D eigenvalue weighted by Gasteiger charge is -2.14. The van der Waals surface area contributed by atoms with Gasteiger partial charge in [-0.2, -0.15) is 0 Å². The molecule has 0 saturated heterocycles. The molecule has 1 amide bonds. The van der Waals surface area contributed by atoms with Crippen molar-refractivity contribution in [2.75, 3.05) is 6.61 Å². The summed E-state index contributed by atoms with van der Waals surface area (Å²) in [5, 5.41) is 2.39. The molecule has 1 aromatic carbocycles. The lowest BCUT2D eigenvalue weighted by atomic mass is 10.2. The van der Waals surface area contributed by atoms with E-state index in [2.05, 4.69) is 10.3 Å². The number of amides is 1. The first-order chi connectivity index (χ1) is 9.31. The minimum Gasteiger partial charge on any atom is -0.491 e. The quantitative estimate of drug-likeness (QED) is 0.594. The molecular weight excluding hydrogens is 248 g/mol. The van der Waals surface area contributed by atoms with Gasteiger partial charge in [-0.05, 0) is 12.1 Å². The van der Waals surface area contributed by atoms with Crippen LogP contribution in [0.2, 0.25) is 0 Å². The zero-order valence-electron chi connectivity index (χ0n) is 9.98. The molecule has 1 atom stereocenters. The Bertz CT molecular complexity index is 525. The third kappa shape index (κ3) is 3.41. The number of ether oxygens (including phenoxy) is 1. The summed E-state index contributed by atoms with van der Waals surface area (Å²) < 4.78 is 10.3. The van der Waals surface area contributed by atoms with E-state index in [9.17, 15) is 9.59 Å². The summed E-state index contributed by atoms with van der Waals surface area (Å²) >= 11 is 0. The van der Waals surface area contributed by atoms with E-state index in [1.54, 1.807) is 12.1 Å². The molecule has 6 nitrogen and oxygen atoms in total. The number of ketones is 1. The first kappa shape index (κ1) is 12.8. The highest BCUT2D eigenvalue weighted by atomic mass is 16.5. The van der Waals surface area contributed by atoms with Crippen molar-refractivity contribution in [2.24, 2.45) is 0 Å². The number of carbonyl (C=O) groups is 2. The molecule has 0 aliphatic heterocycles. The number of rotatable bonds is 7. The van der Waals surface area contributed by atoms with Crippen LogP contribution in [0.15, 0.2) is 47.2 Å². The number of oxazole rings is 1. The standard InChI is InChI=1S/C13H12N2O4/c16-9-15-11(12(17)13-14-6-7-18-13)8-19-10-4-2-1-3-5-10/h1-7,9,11H,8H2,(H,15,16)/t11-/m0/s1. The average Bonchev–Trinajstić information content (AvgIpc) is 2.98. The number of nitrogens with zero attached hydrogens (tertiary/aromatic N) is 1. The van der Waals surface area contributed by atoms with Gasteiger partial charge >= 0.3 is 0 Å². The number of hydrogen-bond acceptors (Lipinski definition) is 5. The van der Waals surface area contributed by atoms with E-state index in [0.29, 0.717) is 12.2 Å². The van der Waals surface area contributed by atoms with Crippen molar-refractivity contribution in [3.05, 3.63) is 48.7 Å². The Kier molecular flexibility index (Phi) is 4.28. The summed E-state index contributed by atoms with van der Waals surface area (Å²) in [7, 11) is 0. The van der Waals surface area contributed by atoms with Crippen LogP contribution >= 0.6 is 0 Å². The van der Waals surface area contributed by atoms with Crippen molar-refractivity contribution in [2.45, 2.75) is 6.04 Å². The van der Waals surface area contributed by atoms with Gasteiger partial charge in [0.05, 0.1) is 6.20 Å². The number of benzene rings is 1. The van der Waals surface area contributed by atoms with E-state index >= 15 is 0 Å². The lowest BCUT2D eigenvalue weighted by molar-refractivity contribution is -0.110. The van der Waals surface area contributed by atoms with Crippen LogP contribution in [0, 0.1) is 0 Å². The van der Waals surface area contributed by atoms with Crippen LogP contribution in [0.1, 0.15) is 10.7 Å². The zero-order chi connectivity index (χ0) is 13.5. The summed E-state index contributed by atoms with van der Waals surface area (Å²) in [6.07, 6.45) is 3.10. The van der Waals surface area contributed by atoms with E-state index in [-0.39, 0.29) is 12.5 Å². The van der Waals surface area contributed by atoms with Crippen LogP contribution in [0.3, 0.4) is 0 Å². The molecule has 0 aliphatic carbocycles. The number of hydrogen-bond donors (Lipinski definition) is 1.